The van der Waals surface area contributed by atoms with Gasteiger partial charge in [-0.3, -0.25) is 4.72 Å². The minimum absolute atomic E-state index is 0.0415. The Balaban J connectivity index is 1.81. The number of carbonyl (C=O) groups is 1. The molecule has 0 radical (unpaired) electrons. The van der Waals surface area contributed by atoms with E-state index in [9.17, 15) is 13.2 Å². The second kappa shape index (κ2) is 6.40. The van der Waals surface area contributed by atoms with Crippen LogP contribution >= 0.6 is 0 Å². The third-order valence-electron chi connectivity index (χ3n) is 4.14. The molecule has 0 aliphatic rings. The fourth-order valence-electron chi connectivity index (χ4n) is 2.91. The average Bonchev–Trinajstić information content (AvgIpc) is 3.13. The molecule has 4 rings (SSSR count). The summed E-state index contributed by atoms with van der Waals surface area (Å²) in [6, 6.07) is 13.0. The van der Waals surface area contributed by atoms with Crippen LogP contribution in [0.4, 0.5) is 5.69 Å². The molecule has 0 atom stereocenters. The van der Waals surface area contributed by atoms with Crippen molar-refractivity contribution in [2.45, 2.75) is 4.90 Å². The molecule has 136 valence electrons. The van der Waals surface area contributed by atoms with Crippen LogP contribution in [0.2, 0.25) is 0 Å². The molecule has 0 saturated carbocycles. The molecule has 2 aromatic carbocycles. The zero-order chi connectivity index (χ0) is 19.0. The summed E-state index contributed by atoms with van der Waals surface area (Å²) < 4.78 is 38.5. The van der Waals surface area contributed by atoms with Crippen molar-refractivity contribution in [3.63, 3.8) is 0 Å². The third kappa shape index (κ3) is 3.00. The first kappa shape index (κ1) is 17.0. The van der Waals surface area contributed by atoms with Crippen molar-refractivity contribution in [3.8, 4) is 0 Å². The Morgan fingerprint density at radius 2 is 1.96 bits per heavy atom. The lowest BCUT2D eigenvalue weighted by atomic mass is 10.1. The van der Waals surface area contributed by atoms with E-state index >= 15 is 0 Å². The molecule has 0 saturated heterocycles. The molecule has 27 heavy (non-hydrogen) atoms. The fraction of sp³-hybridized carbons (Fsp3) is 0.0526. The Labute approximate surface area is 154 Å². The summed E-state index contributed by atoms with van der Waals surface area (Å²) in [6.07, 6.45) is 2.92. The lowest BCUT2D eigenvalue weighted by Crippen LogP contribution is -2.14. The molecule has 1 N–H and O–H groups in total. The van der Waals surface area contributed by atoms with Crippen LogP contribution in [0, 0.1) is 0 Å². The van der Waals surface area contributed by atoms with Gasteiger partial charge in [-0.25, -0.2) is 18.2 Å². The molecule has 2 heterocycles. The number of hydrogen-bond donors (Lipinski definition) is 1. The highest BCUT2D eigenvalue weighted by atomic mass is 32.2. The zero-order valence-electron chi connectivity index (χ0n) is 14.2. The van der Waals surface area contributed by atoms with Gasteiger partial charge >= 0.3 is 5.97 Å². The normalized spacial score (nSPS) is 11.6. The topological polar surface area (TPSA) is 98.5 Å². The second-order valence-corrected chi connectivity index (χ2v) is 7.43. The summed E-state index contributed by atoms with van der Waals surface area (Å²) in [5, 5.41) is 1.56. The van der Waals surface area contributed by atoms with Gasteiger partial charge in [0.15, 0.2) is 5.69 Å². The Morgan fingerprint density at radius 3 is 2.78 bits per heavy atom. The SMILES string of the molecule is COC(=O)c1nccc2c(S(=O)(=O)Nc3ccc4occc4c3)cccc12. The minimum Gasteiger partial charge on any atom is -0.464 e. The number of ether oxygens (including phenoxy) is 1. The highest BCUT2D eigenvalue weighted by Crippen LogP contribution is 2.28. The van der Waals surface area contributed by atoms with Gasteiger partial charge in [0.05, 0.1) is 18.3 Å². The number of hydrogen-bond acceptors (Lipinski definition) is 6. The van der Waals surface area contributed by atoms with Crippen LogP contribution in [0.15, 0.2) is 70.3 Å². The lowest BCUT2D eigenvalue weighted by Gasteiger charge is -2.11. The third-order valence-corrected chi connectivity index (χ3v) is 5.58. The molecular formula is C19H14N2O5S. The van der Waals surface area contributed by atoms with Crippen LogP contribution in [-0.2, 0) is 14.8 Å². The molecule has 0 aliphatic heterocycles. The van der Waals surface area contributed by atoms with Gasteiger partial charge in [0, 0.05) is 28.0 Å². The number of esters is 1. The van der Waals surface area contributed by atoms with Crippen molar-refractivity contribution in [2.75, 3.05) is 11.8 Å². The number of pyridine rings is 1. The number of carbonyl (C=O) groups excluding carboxylic acids is 1. The van der Waals surface area contributed by atoms with Crippen molar-refractivity contribution in [2.24, 2.45) is 0 Å². The van der Waals surface area contributed by atoms with Gasteiger partial charge in [0.25, 0.3) is 10.0 Å². The van der Waals surface area contributed by atoms with Crippen LogP contribution in [0.1, 0.15) is 10.5 Å². The second-order valence-electron chi connectivity index (χ2n) is 5.78. The van der Waals surface area contributed by atoms with E-state index in [0.29, 0.717) is 22.0 Å². The maximum absolute atomic E-state index is 13.0. The number of methoxy groups -OCH3 is 1. The highest BCUT2D eigenvalue weighted by molar-refractivity contribution is 7.93. The van der Waals surface area contributed by atoms with Gasteiger partial charge in [0.2, 0.25) is 0 Å². The monoisotopic (exact) mass is 382 g/mol. The number of nitrogens with zero attached hydrogens (tertiary/aromatic N) is 1. The molecule has 2 aromatic heterocycles. The van der Waals surface area contributed by atoms with Crippen LogP contribution < -0.4 is 4.72 Å². The van der Waals surface area contributed by atoms with Gasteiger partial charge in [-0.1, -0.05) is 12.1 Å². The molecule has 8 heteroatoms. The number of aromatic nitrogens is 1. The standard InChI is InChI=1S/C19H14N2O5S/c1-25-19(22)18-15-3-2-4-17(14(15)7-9-20-18)27(23,24)21-13-5-6-16-12(11-13)8-10-26-16/h2-11,21H,1H3. The van der Waals surface area contributed by atoms with E-state index in [0.717, 1.165) is 5.39 Å². The minimum atomic E-state index is -3.90. The summed E-state index contributed by atoms with van der Waals surface area (Å²) in [5.41, 5.74) is 1.13. The average molecular weight is 382 g/mol. The van der Waals surface area contributed by atoms with Crippen LogP contribution in [-0.4, -0.2) is 26.5 Å². The van der Waals surface area contributed by atoms with Crippen molar-refractivity contribution in [3.05, 3.63) is 66.7 Å². The fourth-order valence-corrected chi connectivity index (χ4v) is 4.18. The Bertz CT molecular complexity index is 1280. The summed E-state index contributed by atoms with van der Waals surface area (Å²) >= 11 is 0. The van der Waals surface area contributed by atoms with Gasteiger partial charge in [0.1, 0.15) is 5.58 Å². The Kier molecular flexibility index (Phi) is 4.04. The van der Waals surface area contributed by atoms with E-state index in [1.54, 1.807) is 42.5 Å². The lowest BCUT2D eigenvalue weighted by molar-refractivity contribution is 0.0596. The number of anilines is 1. The van der Waals surface area contributed by atoms with Gasteiger partial charge in [-0.15, -0.1) is 0 Å². The molecular weight excluding hydrogens is 368 g/mol. The van der Waals surface area contributed by atoms with Crippen molar-refractivity contribution in [1.29, 1.82) is 0 Å². The first-order valence-corrected chi connectivity index (χ1v) is 9.44. The molecule has 0 spiro atoms. The highest BCUT2D eigenvalue weighted by Gasteiger charge is 2.21. The first-order chi connectivity index (χ1) is 13.0. The molecule has 0 fully saturated rings. The molecule has 0 bridgehead atoms. The van der Waals surface area contributed by atoms with E-state index in [2.05, 4.69) is 9.71 Å². The molecule has 0 aliphatic carbocycles. The summed E-state index contributed by atoms with van der Waals surface area (Å²) in [6.45, 7) is 0. The van der Waals surface area contributed by atoms with Crippen LogP contribution in [0.3, 0.4) is 0 Å². The maximum atomic E-state index is 13.0. The van der Waals surface area contributed by atoms with E-state index < -0.39 is 16.0 Å². The summed E-state index contributed by atoms with van der Waals surface area (Å²) in [5.74, 6) is -0.631. The quantitative estimate of drug-likeness (QED) is 0.542. The molecule has 4 aromatic rings. The van der Waals surface area contributed by atoms with E-state index in [4.69, 9.17) is 9.15 Å². The van der Waals surface area contributed by atoms with Crippen molar-refractivity contribution < 1.29 is 22.4 Å². The zero-order valence-corrected chi connectivity index (χ0v) is 15.0. The predicted molar refractivity (Wildman–Crippen MR) is 100 cm³/mol. The largest absolute Gasteiger partial charge is 0.464 e. The Morgan fingerprint density at radius 1 is 1.11 bits per heavy atom. The number of benzene rings is 2. The molecule has 7 nitrogen and oxygen atoms in total. The van der Waals surface area contributed by atoms with E-state index in [1.165, 1.54) is 25.6 Å². The van der Waals surface area contributed by atoms with Gasteiger partial charge in [-0.05, 0) is 36.4 Å². The van der Waals surface area contributed by atoms with Crippen LogP contribution in [0.25, 0.3) is 21.7 Å². The Hall–Kier alpha value is -3.39. The smallest absolute Gasteiger partial charge is 0.357 e. The molecule has 0 amide bonds. The number of furan rings is 1. The van der Waals surface area contributed by atoms with E-state index in [-0.39, 0.29) is 10.6 Å². The predicted octanol–water partition coefficient (Wildman–Crippen LogP) is 3.57. The van der Waals surface area contributed by atoms with Crippen molar-refractivity contribution in [1.82, 2.24) is 4.98 Å². The number of rotatable bonds is 4. The first-order valence-electron chi connectivity index (χ1n) is 7.96. The van der Waals surface area contributed by atoms with Gasteiger partial charge in [-0.2, -0.15) is 0 Å². The van der Waals surface area contributed by atoms with Crippen LogP contribution in [0.5, 0.6) is 0 Å². The number of sulfonamides is 1. The summed E-state index contributed by atoms with van der Waals surface area (Å²) in [7, 11) is -2.65. The summed E-state index contributed by atoms with van der Waals surface area (Å²) in [4.78, 5) is 16.0. The number of fused-ring (bicyclic) bond motifs is 2. The van der Waals surface area contributed by atoms with E-state index in [1.807, 2.05) is 0 Å². The maximum Gasteiger partial charge on any atom is 0.357 e. The van der Waals surface area contributed by atoms with Gasteiger partial charge < -0.3 is 9.15 Å². The van der Waals surface area contributed by atoms with Crippen molar-refractivity contribution >= 4 is 43.4 Å². The number of nitrogens with one attached hydrogen (secondary N) is 1. The molecule has 0 unspecified atom stereocenters.